The molecule has 6 heteroatoms. The van der Waals surface area contributed by atoms with E-state index in [1.807, 2.05) is 31.2 Å². The second kappa shape index (κ2) is 8.36. The van der Waals surface area contributed by atoms with Crippen LogP contribution in [0, 0.1) is 12.7 Å². The molecule has 1 unspecified atom stereocenters. The molecule has 1 atom stereocenters. The Bertz CT molecular complexity index is 1190. The second-order valence-corrected chi connectivity index (χ2v) is 7.91. The highest BCUT2D eigenvalue weighted by atomic mass is 35.5. The molecule has 1 aliphatic rings. The number of carbonyl (C=O) groups excluding carboxylic acids is 2. The number of hydrogen-bond acceptors (Lipinski definition) is 3. The predicted molar refractivity (Wildman–Crippen MR) is 117 cm³/mol. The van der Waals surface area contributed by atoms with Gasteiger partial charge in [-0.1, -0.05) is 53.6 Å². The van der Waals surface area contributed by atoms with Gasteiger partial charge in [0.15, 0.2) is 0 Å². The quantitative estimate of drug-likeness (QED) is 0.338. The summed E-state index contributed by atoms with van der Waals surface area (Å²) in [6.07, 6.45) is 0. The lowest BCUT2D eigenvalue weighted by molar-refractivity contribution is -0.140. The normalized spacial score (nSPS) is 17.9. The lowest BCUT2D eigenvalue weighted by Crippen LogP contribution is -2.29. The summed E-state index contributed by atoms with van der Waals surface area (Å²) in [6.45, 7) is 2.01. The zero-order valence-electron chi connectivity index (χ0n) is 16.7. The summed E-state index contributed by atoms with van der Waals surface area (Å²) in [7, 11) is 0. The van der Waals surface area contributed by atoms with E-state index in [0.717, 1.165) is 5.56 Å². The van der Waals surface area contributed by atoms with Gasteiger partial charge >= 0.3 is 0 Å². The standard InChI is InChI=1S/C25H19ClFNO3/c1-15-3-2-4-18(13-15)22-21(23(29)17-7-9-19(26)10-8-17)24(30)25(31)28(22)14-16-5-11-20(27)12-6-16/h2-13,22,29H,14H2,1H3/b23-21-. The van der Waals surface area contributed by atoms with Crippen molar-refractivity contribution in [3.63, 3.8) is 0 Å². The van der Waals surface area contributed by atoms with Crippen LogP contribution in [0.1, 0.15) is 28.3 Å². The largest absolute Gasteiger partial charge is 0.507 e. The minimum atomic E-state index is -0.777. The molecule has 1 fully saturated rings. The van der Waals surface area contributed by atoms with Crippen LogP contribution in [0.3, 0.4) is 0 Å². The first-order chi connectivity index (χ1) is 14.8. The highest BCUT2D eigenvalue weighted by Crippen LogP contribution is 2.40. The fourth-order valence-electron chi connectivity index (χ4n) is 3.78. The second-order valence-electron chi connectivity index (χ2n) is 7.47. The summed E-state index contributed by atoms with van der Waals surface area (Å²) < 4.78 is 13.3. The van der Waals surface area contributed by atoms with Crippen molar-refractivity contribution in [1.29, 1.82) is 0 Å². The Labute approximate surface area is 184 Å². The molecule has 31 heavy (non-hydrogen) atoms. The Balaban J connectivity index is 1.85. The zero-order chi connectivity index (χ0) is 22.1. The van der Waals surface area contributed by atoms with Gasteiger partial charge < -0.3 is 10.0 Å². The summed E-state index contributed by atoms with van der Waals surface area (Å²) in [5, 5.41) is 11.5. The van der Waals surface area contributed by atoms with E-state index < -0.39 is 17.7 Å². The zero-order valence-corrected chi connectivity index (χ0v) is 17.4. The number of benzene rings is 3. The molecule has 0 bridgehead atoms. The molecule has 1 heterocycles. The maximum Gasteiger partial charge on any atom is 0.295 e. The van der Waals surface area contributed by atoms with Crippen molar-refractivity contribution in [2.24, 2.45) is 0 Å². The van der Waals surface area contributed by atoms with Crippen molar-refractivity contribution < 1.29 is 19.1 Å². The number of amides is 1. The molecule has 1 N–H and O–H groups in total. The van der Waals surface area contributed by atoms with E-state index in [9.17, 15) is 19.1 Å². The Morgan fingerprint density at radius 1 is 1.03 bits per heavy atom. The summed E-state index contributed by atoms with van der Waals surface area (Å²) in [5.41, 5.74) is 2.74. The van der Waals surface area contributed by atoms with Crippen LogP contribution in [0.25, 0.3) is 5.76 Å². The van der Waals surface area contributed by atoms with Crippen molar-refractivity contribution in [3.8, 4) is 0 Å². The van der Waals surface area contributed by atoms with Crippen molar-refractivity contribution >= 4 is 29.1 Å². The Morgan fingerprint density at radius 3 is 2.35 bits per heavy atom. The van der Waals surface area contributed by atoms with Gasteiger partial charge in [0.05, 0.1) is 11.6 Å². The third-order valence-electron chi connectivity index (χ3n) is 5.28. The first kappa shape index (κ1) is 20.8. The number of halogens is 2. The Kier molecular flexibility index (Phi) is 5.61. The maximum atomic E-state index is 13.3. The molecule has 4 rings (SSSR count). The fraction of sp³-hybridized carbons (Fsp3) is 0.120. The molecular weight excluding hydrogens is 417 g/mol. The number of rotatable bonds is 4. The number of Topliss-reactive ketones (excluding diaryl/α,β-unsaturated/α-hetero) is 1. The molecule has 0 aromatic heterocycles. The molecule has 1 aliphatic heterocycles. The first-order valence-corrected chi connectivity index (χ1v) is 10.1. The SMILES string of the molecule is Cc1cccc(C2/C(=C(/O)c3ccc(Cl)cc3)C(=O)C(=O)N2Cc2ccc(F)cc2)c1. The molecule has 1 saturated heterocycles. The van der Waals surface area contributed by atoms with Crippen molar-refractivity contribution in [2.45, 2.75) is 19.5 Å². The average Bonchev–Trinajstić information content (AvgIpc) is 3.00. The molecule has 4 nitrogen and oxygen atoms in total. The number of ketones is 1. The molecule has 1 amide bonds. The third-order valence-corrected chi connectivity index (χ3v) is 5.53. The fourth-order valence-corrected chi connectivity index (χ4v) is 3.91. The van der Waals surface area contributed by atoms with Crippen LogP contribution in [-0.4, -0.2) is 21.7 Å². The van der Waals surface area contributed by atoms with Crippen LogP contribution in [0.15, 0.2) is 78.4 Å². The lowest BCUT2D eigenvalue weighted by Gasteiger charge is -2.25. The molecule has 156 valence electrons. The van der Waals surface area contributed by atoms with Gasteiger partial charge in [-0.25, -0.2) is 4.39 Å². The summed E-state index contributed by atoms with van der Waals surface area (Å²) in [6, 6.07) is 18.8. The molecule has 3 aromatic rings. The summed E-state index contributed by atoms with van der Waals surface area (Å²) >= 11 is 5.94. The van der Waals surface area contributed by atoms with Gasteiger partial charge in [0, 0.05) is 17.1 Å². The van der Waals surface area contributed by atoms with E-state index in [1.54, 1.807) is 36.4 Å². The highest BCUT2D eigenvalue weighted by molar-refractivity contribution is 6.46. The van der Waals surface area contributed by atoms with Crippen LogP contribution in [0.5, 0.6) is 0 Å². The van der Waals surface area contributed by atoms with Crippen LogP contribution in [0.4, 0.5) is 4.39 Å². The van der Waals surface area contributed by atoms with Gasteiger partial charge in [-0.05, 0) is 54.4 Å². The number of hydrogen-bond donors (Lipinski definition) is 1. The summed E-state index contributed by atoms with van der Waals surface area (Å²) in [5.74, 6) is -2.13. The van der Waals surface area contributed by atoms with E-state index in [0.29, 0.717) is 21.7 Å². The third kappa shape index (κ3) is 4.09. The van der Waals surface area contributed by atoms with Crippen LogP contribution in [0.2, 0.25) is 5.02 Å². The van der Waals surface area contributed by atoms with E-state index in [2.05, 4.69) is 0 Å². The van der Waals surface area contributed by atoms with Crippen molar-refractivity contribution in [2.75, 3.05) is 0 Å². The maximum absolute atomic E-state index is 13.3. The highest BCUT2D eigenvalue weighted by Gasteiger charge is 2.46. The lowest BCUT2D eigenvalue weighted by atomic mass is 9.94. The van der Waals surface area contributed by atoms with Crippen molar-refractivity contribution in [3.05, 3.63) is 111 Å². The van der Waals surface area contributed by atoms with E-state index >= 15 is 0 Å². The van der Waals surface area contributed by atoms with E-state index in [1.165, 1.54) is 17.0 Å². The number of likely N-dealkylation sites (tertiary alicyclic amines) is 1. The Morgan fingerprint density at radius 2 is 1.71 bits per heavy atom. The van der Waals surface area contributed by atoms with Crippen LogP contribution >= 0.6 is 11.6 Å². The molecule has 0 radical (unpaired) electrons. The summed E-state index contributed by atoms with van der Waals surface area (Å²) in [4.78, 5) is 27.4. The minimum absolute atomic E-state index is 0.0139. The van der Waals surface area contributed by atoms with Gasteiger partial charge in [0.25, 0.3) is 11.7 Å². The molecule has 0 saturated carbocycles. The average molecular weight is 436 g/mol. The van der Waals surface area contributed by atoms with Crippen LogP contribution in [-0.2, 0) is 16.1 Å². The Hall–Kier alpha value is -3.44. The van der Waals surface area contributed by atoms with Crippen LogP contribution < -0.4 is 0 Å². The number of aliphatic hydroxyl groups excluding tert-OH is 1. The van der Waals surface area contributed by atoms with Gasteiger partial charge in [-0.15, -0.1) is 0 Å². The minimum Gasteiger partial charge on any atom is -0.507 e. The number of nitrogens with zero attached hydrogens (tertiary/aromatic N) is 1. The van der Waals surface area contributed by atoms with Gasteiger partial charge in [-0.3, -0.25) is 9.59 Å². The predicted octanol–water partition coefficient (Wildman–Crippen LogP) is 5.41. The van der Waals surface area contributed by atoms with Gasteiger partial charge in [0.1, 0.15) is 11.6 Å². The molecule has 3 aromatic carbocycles. The number of aryl methyl sites for hydroxylation is 1. The van der Waals surface area contributed by atoms with Gasteiger partial charge in [0.2, 0.25) is 0 Å². The first-order valence-electron chi connectivity index (χ1n) is 9.70. The van der Waals surface area contributed by atoms with E-state index in [-0.39, 0.29) is 23.7 Å². The topological polar surface area (TPSA) is 57.6 Å². The molecule has 0 spiro atoms. The number of carbonyl (C=O) groups is 2. The smallest absolute Gasteiger partial charge is 0.295 e. The molecular formula is C25H19ClFNO3. The monoisotopic (exact) mass is 435 g/mol. The number of aliphatic hydroxyl groups is 1. The molecule has 0 aliphatic carbocycles. The van der Waals surface area contributed by atoms with E-state index in [4.69, 9.17) is 11.6 Å². The van der Waals surface area contributed by atoms with Crippen molar-refractivity contribution in [1.82, 2.24) is 4.90 Å². The van der Waals surface area contributed by atoms with Gasteiger partial charge in [-0.2, -0.15) is 0 Å².